The van der Waals surface area contributed by atoms with Crippen molar-refractivity contribution in [3.05, 3.63) is 95.6 Å². The third kappa shape index (κ3) is 10.6. The number of aliphatic carboxylic acids is 1. The second kappa shape index (κ2) is 19.7. The normalized spacial score (nSPS) is 32.5. The zero-order chi connectivity index (χ0) is 44.9. The van der Waals surface area contributed by atoms with Crippen LogP contribution in [0.4, 0.5) is 0 Å². The maximum absolute atomic E-state index is 12.6. The first kappa shape index (κ1) is 46.0. The van der Waals surface area contributed by atoms with Crippen LogP contribution >= 0.6 is 0 Å². The van der Waals surface area contributed by atoms with Crippen molar-refractivity contribution in [1.29, 1.82) is 0 Å². The molecule has 0 aliphatic carbocycles. The summed E-state index contributed by atoms with van der Waals surface area (Å²) < 4.78 is 38.4. The van der Waals surface area contributed by atoms with E-state index in [0.717, 1.165) is 12.1 Å². The molecule has 3 aliphatic heterocycles. The lowest BCUT2D eigenvalue weighted by atomic mass is 9.98. The lowest BCUT2D eigenvalue weighted by molar-refractivity contribution is -0.318. The molecule has 0 saturated carbocycles. The maximum Gasteiger partial charge on any atom is 0.335 e. The van der Waals surface area contributed by atoms with Crippen LogP contribution in [0.5, 0.6) is 23.0 Å². The Kier molecular flexibility index (Phi) is 14.6. The highest BCUT2D eigenvalue weighted by atomic mass is 16.8. The summed E-state index contributed by atoms with van der Waals surface area (Å²) in [5.74, 6) is -3.44. The van der Waals surface area contributed by atoms with Gasteiger partial charge in [-0.25, -0.2) is 9.59 Å². The van der Waals surface area contributed by atoms with E-state index in [1.54, 1.807) is 12.1 Å². The Balaban J connectivity index is 1.02. The Morgan fingerprint density at radius 1 is 0.726 bits per heavy atom. The molecule has 21 nitrogen and oxygen atoms in total. The van der Waals surface area contributed by atoms with Crippen LogP contribution in [0.15, 0.2) is 78.9 Å². The summed E-state index contributed by atoms with van der Waals surface area (Å²) in [7, 11) is 0. The summed E-state index contributed by atoms with van der Waals surface area (Å²) in [5.41, 5.74) is -1.28. The zero-order valence-electron chi connectivity index (χ0n) is 32.2. The second-order valence-electron chi connectivity index (χ2n) is 14.5. The minimum atomic E-state index is -2.21. The van der Waals surface area contributed by atoms with Gasteiger partial charge in [-0.15, -0.1) is 0 Å². The molecule has 0 bridgehead atoms. The molecule has 13 unspecified atom stereocenters. The van der Waals surface area contributed by atoms with Crippen molar-refractivity contribution in [2.45, 2.75) is 79.4 Å². The summed E-state index contributed by atoms with van der Waals surface area (Å²) in [6, 6.07) is 15.3. The number of aliphatic hydroxyl groups excluding tert-OH is 7. The van der Waals surface area contributed by atoms with Gasteiger partial charge in [-0.1, -0.05) is 30.3 Å². The Bertz CT molecular complexity index is 2090. The molecule has 3 fully saturated rings. The number of hydrogen-bond acceptors (Lipinski definition) is 20. The molecule has 3 aliphatic rings. The molecule has 6 rings (SSSR count). The van der Waals surface area contributed by atoms with Gasteiger partial charge in [0.15, 0.2) is 29.9 Å². The highest BCUT2D eigenvalue weighted by Crippen LogP contribution is 2.33. The van der Waals surface area contributed by atoms with Crippen molar-refractivity contribution >= 4 is 29.9 Å². The molecular weight excluding hydrogens is 828 g/mol. The fourth-order valence-corrected chi connectivity index (χ4v) is 6.48. The van der Waals surface area contributed by atoms with E-state index in [1.807, 2.05) is 0 Å². The minimum Gasteiger partial charge on any atom is -0.508 e. The highest BCUT2D eigenvalue weighted by molar-refractivity contribution is 6.08. The molecule has 21 heteroatoms. The predicted molar refractivity (Wildman–Crippen MR) is 205 cm³/mol. The molecule has 3 aromatic rings. The van der Waals surface area contributed by atoms with Crippen LogP contribution in [0.25, 0.3) is 12.2 Å². The fourth-order valence-electron chi connectivity index (χ4n) is 6.48. The quantitative estimate of drug-likeness (QED) is 0.0455. The number of ketones is 1. The number of carbonyl (C=O) groups excluding carboxylic acids is 2. The lowest BCUT2D eigenvalue weighted by Crippen LogP contribution is -2.62. The third-order valence-corrected chi connectivity index (χ3v) is 10.0. The van der Waals surface area contributed by atoms with E-state index in [1.165, 1.54) is 66.8 Å². The number of phenolic OH excluding ortho intramolecular Hbond substituents is 2. The van der Waals surface area contributed by atoms with Crippen LogP contribution in [0.2, 0.25) is 0 Å². The van der Waals surface area contributed by atoms with Crippen LogP contribution in [0.1, 0.15) is 21.5 Å². The molecule has 3 heterocycles. The number of rotatable bonds is 15. The molecule has 0 radical (unpaired) electrons. The summed E-state index contributed by atoms with van der Waals surface area (Å²) in [6.45, 7) is -2.12. The van der Waals surface area contributed by atoms with E-state index in [4.69, 9.17) is 33.2 Å². The number of esters is 1. The van der Waals surface area contributed by atoms with Gasteiger partial charge in [0.2, 0.25) is 12.6 Å². The zero-order valence-corrected chi connectivity index (χ0v) is 32.2. The summed E-state index contributed by atoms with van der Waals surface area (Å²) in [6.07, 6.45) is -15.5. The van der Waals surface area contributed by atoms with Gasteiger partial charge in [-0.2, -0.15) is 0 Å². The van der Waals surface area contributed by atoms with Crippen molar-refractivity contribution in [3.63, 3.8) is 0 Å². The van der Waals surface area contributed by atoms with E-state index in [2.05, 4.69) is 0 Å². The number of allylic oxidation sites excluding steroid dienone is 1. The average molecular weight is 873 g/mol. The first-order valence-electron chi connectivity index (χ1n) is 18.8. The number of hydrogen-bond donors (Lipinski definition) is 11. The van der Waals surface area contributed by atoms with Crippen molar-refractivity contribution in [2.24, 2.45) is 0 Å². The third-order valence-electron chi connectivity index (χ3n) is 10.0. The Hall–Kier alpha value is -5.53. The van der Waals surface area contributed by atoms with Crippen LogP contribution in [0, 0.1) is 0 Å². The van der Waals surface area contributed by atoms with Crippen LogP contribution < -0.4 is 9.47 Å². The summed E-state index contributed by atoms with van der Waals surface area (Å²) in [5, 5.41) is 112. The van der Waals surface area contributed by atoms with Crippen molar-refractivity contribution in [1.82, 2.24) is 0 Å². The van der Waals surface area contributed by atoms with E-state index >= 15 is 0 Å². The number of phenols is 2. The van der Waals surface area contributed by atoms with Gasteiger partial charge in [-0.3, -0.25) is 4.79 Å². The molecule has 334 valence electrons. The lowest BCUT2D eigenvalue weighted by Gasteiger charge is -2.42. The van der Waals surface area contributed by atoms with Gasteiger partial charge in [0.25, 0.3) is 0 Å². The van der Waals surface area contributed by atoms with Crippen molar-refractivity contribution < 1.29 is 104 Å². The molecule has 3 aromatic carbocycles. The van der Waals surface area contributed by atoms with Crippen LogP contribution in [-0.2, 0) is 33.3 Å². The second-order valence-corrected chi connectivity index (χ2v) is 14.5. The molecule has 0 aromatic heterocycles. The standard InChI is InChI=1S/C41H44O21/c42-16-27-29(47)31(49)35(39(60-27)59-23-10-1-19(2-11-23)5-13-25(44)24-12-7-21(43)15-26(24)45)62-40-36(52)41(55,18-57-40)17-56-28(46)14-6-20-3-8-22(9-4-20)58-38-33(51)30(48)32(50)34(61-38)37(53)54/h1-15,27,29-36,38-40,42-43,45,47-52,55H,16-18H2,(H,53,54)/b13-5?,14-6+. The highest BCUT2D eigenvalue weighted by Gasteiger charge is 2.54. The number of carboxylic acids is 1. The maximum atomic E-state index is 12.6. The van der Waals surface area contributed by atoms with Crippen molar-refractivity contribution in [2.75, 3.05) is 19.8 Å². The molecule has 3 saturated heterocycles. The number of aliphatic hydroxyl groups is 8. The molecule has 0 spiro atoms. The Morgan fingerprint density at radius 2 is 1.34 bits per heavy atom. The largest absolute Gasteiger partial charge is 0.508 e. The van der Waals surface area contributed by atoms with Gasteiger partial charge < -0.3 is 89.3 Å². The van der Waals surface area contributed by atoms with Gasteiger partial charge in [0, 0.05) is 12.1 Å². The van der Waals surface area contributed by atoms with Crippen molar-refractivity contribution in [3.8, 4) is 23.0 Å². The molecule has 11 N–H and O–H groups in total. The first-order valence-corrected chi connectivity index (χ1v) is 18.8. The number of carboxylic acid groups (broad SMARTS) is 1. The Labute approximate surface area is 351 Å². The van der Waals surface area contributed by atoms with E-state index in [-0.39, 0.29) is 22.8 Å². The average Bonchev–Trinajstić information content (AvgIpc) is 3.53. The predicted octanol–water partition coefficient (Wildman–Crippen LogP) is -1.83. The first-order chi connectivity index (χ1) is 29.5. The number of aromatic hydroxyl groups is 2. The van der Waals surface area contributed by atoms with Crippen LogP contribution in [0.3, 0.4) is 0 Å². The SMILES string of the molecule is O=C(/C=C/c1ccc(OC2OC(C(=O)O)C(O)C(O)C2O)cc1)OCC1(O)COC(OC2C(Oc3ccc(C=CC(=O)c4ccc(O)cc4O)cc3)OC(CO)C(O)C2O)C1O. The summed E-state index contributed by atoms with van der Waals surface area (Å²) in [4.78, 5) is 36.4. The van der Waals surface area contributed by atoms with Gasteiger partial charge >= 0.3 is 11.9 Å². The monoisotopic (exact) mass is 872 g/mol. The number of benzene rings is 3. The van der Waals surface area contributed by atoms with Crippen LogP contribution in [-0.4, -0.2) is 173 Å². The molecule has 0 amide bonds. The molecule has 13 atom stereocenters. The van der Waals surface area contributed by atoms with E-state index in [0.29, 0.717) is 11.1 Å². The topological polar surface area (TPSA) is 338 Å². The molecular formula is C41H44O21. The minimum absolute atomic E-state index is 0.0285. The van der Waals surface area contributed by atoms with E-state index < -0.39 is 123 Å². The fraction of sp³-hybridized carbons (Fsp3) is 0.390. The summed E-state index contributed by atoms with van der Waals surface area (Å²) >= 11 is 0. The van der Waals surface area contributed by atoms with Gasteiger partial charge in [0.05, 0.1) is 18.8 Å². The van der Waals surface area contributed by atoms with E-state index in [9.17, 15) is 70.6 Å². The van der Waals surface area contributed by atoms with Gasteiger partial charge in [-0.05, 0) is 59.7 Å². The smallest absolute Gasteiger partial charge is 0.335 e. The number of carbonyl (C=O) groups is 3. The number of ether oxygens (including phenoxy) is 7. The Morgan fingerprint density at radius 3 is 1.94 bits per heavy atom. The molecule has 62 heavy (non-hydrogen) atoms. The van der Waals surface area contributed by atoms with Gasteiger partial charge in [0.1, 0.15) is 72.3 Å².